The van der Waals surface area contributed by atoms with Crippen LogP contribution in [0.25, 0.3) is 0 Å². The van der Waals surface area contributed by atoms with Crippen LogP contribution >= 0.6 is 0 Å². The second kappa shape index (κ2) is 8.73. The van der Waals surface area contributed by atoms with Crippen LogP contribution in [-0.4, -0.2) is 24.5 Å². The molecule has 0 unspecified atom stereocenters. The van der Waals surface area contributed by atoms with Crippen LogP contribution in [0.1, 0.15) is 25.2 Å². The predicted molar refractivity (Wildman–Crippen MR) is 80.9 cm³/mol. The Hall–Kier alpha value is -1.32. The molecular weight excluding hydrogens is 236 g/mol. The zero-order valence-corrected chi connectivity index (χ0v) is 12.2. The summed E-state index contributed by atoms with van der Waals surface area (Å²) in [6.45, 7) is 16.3. The smallest absolute Gasteiger partial charge is 0.122 e. The number of nitrogens with one attached hydrogen (secondary N) is 1. The zero-order valence-electron chi connectivity index (χ0n) is 12.2. The van der Waals surface area contributed by atoms with Crippen LogP contribution < -0.4 is 5.32 Å². The molecule has 0 bridgehead atoms. The van der Waals surface area contributed by atoms with Gasteiger partial charge in [-0.25, -0.2) is 0 Å². The summed E-state index contributed by atoms with van der Waals surface area (Å²) in [6, 6.07) is 2.04. The molecule has 1 N–H and O–H groups in total. The van der Waals surface area contributed by atoms with E-state index in [0.717, 1.165) is 38.5 Å². The Bertz CT molecular complexity index is 372. The van der Waals surface area contributed by atoms with Crippen molar-refractivity contribution in [2.45, 2.75) is 26.9 Å². The van der Waals surface area contributed by atoms with Crippen molar-refractivity contribution in [3.05, 3.63) is 49.0 Å². The Balaban J connectivity index is 2.54. The van der Waals surface area contributed by atoms with Crippen molar-refractivity contribution >= 4 is 0 Å². The standard InChI is InChI=1S/C16H26N2O/c1-5-8-18(9-6-2)13-16-15(7-10-19-16)12-17-11-14(3)4/h5-7,10,14,17H,1-2,8-9,11-13H2,3-4H3. The predicted octanol–water partition coefficient (Wildman–Crippen LogP) is 3.20. The molecule has 0 saturated heterocycles. The molecule has 19 heavy (non-hydrogen) atoms. The fourth-order valence-corrected chi connectivity index (χ4v) is 1.93. The van der Waals surface area contributed by atoms with E-state index < -0.39 is 0 Å². The molecule has 0 fully saturated rings. The van der Waals surface area contributed by atoms with E-state index in [9.17, 15) is 0 Å². The van der Waals surface area contributed by atoms with E-state index in [1.54, 1.807) is 6.26 Å². The lowest BCUT2D eigenvalue weighted by atomic mass is 10.2. The van der Waals surface area contributed by atoms with Gasteiger partial charge < -0.3 is 9.73 Å². The summed E-state index contributed by atoms with van der Waals surface area (Å²) < 4.78 is 5.60. The summed E-state index contributed by atoms with van der Waals surface area (Å²) in [5.74, 6) is 1.69. The Morgan fingerprint density at radius 2 is 2.00 bits per heavy atom. The fraction of sp³-hybridized carbons (Fsp3) is 0.500. The van der Waals surface area contributed by atoms with Gasteiger partial charge in [0.2, 0.25) is 0 Å². The van der Waals surface area contributed by atoms with Crippen LogP contribution in [0.5, 0.6) is 0 Å². The quantitative estimate of drug-likeness (QED) is 0.656. The van der Waals surface area contributed by atoms with Gasteiger partial charge in [-0.1, -0.05) is 26.0 Å². The lowest BCUT2D eigenvalue weighted by Gasteiger charge is -2.18. The molecule has 0 spiro atoms. The molecule has 1 aromatic rings. The van der Waals surface area contributed by atoms with Crippen LogP contribution in [0.15, 0.2) is 42.1 Å². The molecule has 3 heteroatoms. The summed E-state index contributed by atoms with van der Waals surface area (Å²) in [4.78, 5) is 2.24. The molecule has 0 saturated carbocycles. The maximum Gasteiger partial charge on any atom is 0.122 e. The first kappa shape index (κ1) is 15.7. The zero-order chi connectivity index (χ0) is 14.1. The molecule has 1 aromatic heterocycles. The molecule has 106 valence electrons. The van der Waals surface area contributed by atoms with E-state index in [-0.39, 0.29) is 0 Å². The first-order valence-corrected chi connectivity index (χ1v) is 6.87. The van der Waals surface area contributed by atoms with Gasteiger partial charge in [-0.2, -0.15) is 0 Å². The minimum absolute atomic E-state index is 0.661. The van der Waals surface area contributed by atoms with Gasteiger partial charge in [-0.3, -0.25) is 4.90 Å². The number of nitrogens with zero attached hydrogens (tertiary/aromatic N) is 1. The second-order valence-electron chi connectivity index (χ2n) is 5.17. The van der Waals surface area contributed by atoms with Gasteiger partial charge in [-0.05, 0) is 18.5 Å². The van der Waals surface area contributed by atoms with Crippen LogP contribution in [-0.2, 0) is 13.1 Å². The van der Waals surface area contributed by atoms with Crippen molar-refractivity contribution in [1.29, 1.82) is 0 Å². The van der Waals surface area contributed by atoms with Crippen LogP contribution in [0.2, 0.25) is 0 Å². The summed E-state index contributed by atoms with van der Waals surface area (Å²) in [5, 5.41) is 3.45. The Morgan fingerprint density at radius 1 is 1.32 bits per heavy atom. The van der Waals surface area contributed by atoms with Crippen molar-refractivity contribution < 1.29 is 4.42 Å². The maximum atomic E-state index is 5.60. The largest absolute Gasteiger partial charge is 0.468 e. The molecule has 1 heterocycles. The monoisotopic (exact) mass is 262 g/mol. The van der Waals surface area contributed by atoms with Crippen molar-refractivity contribution in [3.63, 3.8) is 0 Å². The Kier molecular flexibility index (Phi) is 7.23. The minimum atomic E-state index is 0.661. The van der Waals surface area contributed by atoms with Crippen LogP contribution in [0.3, 0.4) is 0 Å². The topological polar surface area (TPSA) is 28.4 Å². The SMILES string of the molecule is C=CCN(CC=C)Cc1occc1CNCC(C)C. The highest BCUT2D eigenvalue weighted by Gasteiger charge is 2.10. The first-order chi connectivity index (χ1) is 9.17. The number of furan rings is 1. The van der Waals surface area contributed by atoms with Gasteiger partial charge >= 0.3 is 0 Å². The molecule has 0 aliphatic heterocycles. The van der Waals surface area contributed by atoms with E-state index in [1.165, 1.54) is 5.56 Å². The van der Waals surface area contributed by atoms with Crippen LogP contribution in [0, 0.1) is 5.92 Å². The van der Waals surface area contributed by atoms with E-state index in [0.29, 0.717) is 5.92 Å². The normalized spacial score (nSPS) is 11.2. The van der Waals surface area contributed by atoms with E-state index >= 15 is 0 Å². The average molecular weight is 262 g/mol. The van der Waals surface area contributed by atoms with Gasteiger partial charge in [0.15, 0.2) is 0 Å². The fourth-order valence-electron chi connectivity index (χ4n) is 1.93. The summed E-state index contributed by atoms with van der Waals surface area (Å²) in [5.41, 5.74) is 1.23. The van der Waals surface area contributed by atoms with Gasteiger partial charge in [0, 0.05) is 25.2 Å². The van der Waals surface area contributed by atoms with Gasteiger partial charge in [0.05, 0.1) is 12.8 Å². The van der Waals surface area contributed by atoms with Gasteiger partial charge in [0.1, 0.15) is 5.76 Å². The molecule has 3 nitrogen and oxygen atoms in total. The minimum Gasteiger partial charge on any atom is -0.468 e. The van der Waals surface area contributed by atoms with Crippen molar-refractivity contribution in [2.24, 2.45) is 5.92 Å². The van der Waals surface area contributed by atoms with Gasteiger partial charge in [0.25, 0.3) is 0 Å². The number of hydrogen-bond acceptors (Lipinski definition) is 3. The molecule has 0 amide bonds. The van der Waals surface area contributed by atoms with E-state index in [1.807, 2.05) is 18.2 Å². The van der Waals surface area contributed by atoms with E-state index in [2.05, 4.69) is 37.2 Å². The third kappa shape index (κ3) is 5.90. The average Bonchev–Trinajstić information content (AvgIpc) is 2.77. The molecule has 1 rings (SSSR count). The molecule has 0 aliphatic carbocycles. The molecular formula is C16H26N2O. The Labute approximate surface area is 117 Å². The lowest BCUT2D eigenvalue weighted by molar-refractivity contribution is 0.292. The second-order valence-corrected chi connectivity index (χ2v) is 5.17. The van der Waals surface area contributed by atoms with Gasteiger partial charge in [-0.15, -0.1) is 13.2 Å². The molecule has 0 aliphatic rings. The number of hydrogen-bond donors (Lipinski definition) is 1. The van der Waals surface area contributed by atoms with Crippen LogP contribution in [0.4, 0.5) is 0 Å². The van der Waals surface area contributed by atoms with Crippen molar-refractivity contribution in [2.75, 3.05) is 19.6 Å². The maximum absolute atomic E-state index is 5.60. The number of rotatable bonds is 10. The molecule has 0 radical (unpaired) electrons. The summed E-state index contributed by atoms with van der Waals surface area (Å²) in [7, 11) is 0. The highest BCUT2D eigenvalue weighted by atomic mass is 16.3. The lowest BCUT2D eigenvalue weighted by Crippen LogP contribution is -2.24. The highest BCUT2D eigenvalue weighted by Crippen LogP contribution is 2.13. The Morgan fingerprint density at radius 3 is 2.58 bits per heavy atom. The summed E-state index contributed by atoms with van der Waals surface area (Å²) in [6.07, 6.45) is 5.58. The van der Waals surface area contributed by atoms with E-state index in [4.69, 9.17) is 4.42 Å². The first-order valence-electron chi connectivity index (χ1n) is 6.87. The molecule has 0 atom stereocenters. The highest BCUT2D eigenvalue weighted by molar-refractivity contribution is 5.17. The summed E-state index contributed by atoms with van der Waals surface area (Å²) >= 11 is 0. The van der Waals surface area contributed by atoms with Crippen molar-refractivity contribution in [3.8, 4) is 0 Å². The third-order valence-electron chi connectivity index (χ3n) is 2.85. The van der Waals surface area contributed by atoms with Crippen molar-refractivity contribution in [1.82, 2.24) is 10.2 Å². The third-order valence-corrected chi connectivity index (χ3v) is 2.85. The molecule has 0 aromatic carbocycles.